The Bertz CT molecular complexity index is 224. The van der Waals surface area contributed by atoms with Crippen LogP contribution in [0.2, 0.25) is 0 Å². The second kappa shape index (κ2) is 3.47. The fourth-order valence-electron chi connectivity index (χ4n) is 1.18. The highest BCUT2D eigenvalue weighted by Crippen LogP contribution is 2.05. The summed E-state index contributed by atoms with van der Waals surface area (Å²) in [5.74, 6) is -0.755. The first-order valence-corrected chi connectivity index (χ1v) is 3.93. The van der Waals surface area contributed by atoms with E-state index in [-0.39, 0.29) is 5.78 Å². The third kappa shape index (κ3) is 1.90. The summed E-state index contributed by atoms with van der Waals surface area (Å²) >= 11 is 0. The largest absolute Gasteiger partial charge is 0.335 e. The Morgan fingerprint density at radius 3 is 2.17 bits per heavy atom. The maximum absolute atomic E-state index is 11.1. The van der Waals surface area contributed by atoms with Gasteiger partial charge in [0.15, 0.2) is 0 Å². The number of ketones is 2. The molecule has 66 valence electrons. The topological polar surface area (TPSA) is 54.5 Å². The van der Waals surface area contributed by atoms with Crippen LogP contribution >= 0.6 is 0 Å². The molecule has 0 aromatic carbocycles. The van der Waals surface area contributed by atoms with Crippen LogP contribution in [0.5, 0.6) is 0 Å². The number of carbonyl (C=O) groups is 3. The molecule has 0 bridgehead atoms. The summed E-state index contributed by atoms with van der Waals surface area (Å²) in [5, 5.41) is 0. The molecule has 0 spiro atoms. The van der Waals surface area contributed by atoms with Gasteiger partial charge in [-0.3, -0.25) is 14.4 Å². The first-order valence-electron chi connectivity index (χ1n) is 3.93. The second-order valence-corrected chi connectivity index (χ2v) is 2.89. The average Bonchev–Trinajstić information content (AvgIpc) is 2.04. The lowest BCUT2D eigenvalue weighted by Crippen LogP contribution is -2.41. The Labute approximate surface area is 70.5 Å². The fourth-order valence-corrected chi connectivity index (χ4v) is 1.18. The predicted octanol–water partition coefficient (Wildman–Crippen LogP) is -0.233. The van der Waals surface area contributed by atoms with Crippen molar-refractivity contribution in [2.75, 3.05) is 13.1 Å². The highest BCUT2D eigenvalue weighted by Gasteiger charge is 2.22. The van der Waals surface area contributed by atoms with Crippen molar-refractivity contribution in [1.29, 1.82) is 0 Å². The van der Waals surface area contributed by atoms with Gasteiger partial charge in [-0.05, 0) is 0 Å². The zero-order valence-corrected chi connectivity index (χ0v) is 7.00. The van der Waals surface area contributed by atoms with E-state index in [0.29, 0.717) is 25.9 Å². The normalized spacial score (nSPS) is 17.8. The van der Waals surface area contributed by atoms with E-state index in [0.717, 1.165) is 0 Å². The van der Waals surface area contributed by atoms with Crippen LogP contribution in [-0.2, 0) is 14.4 Å². The van der Waals surface area contributed by atoms with E-state index >= 15 is 0 Å². The van der Waals surface area contributed by atoms with Crippen molar-refractivity contribution < 1.29 is 14.4 Å². The van der Waals surface area contributed by atoms with Crippen molar-refractivity contribution in [3.05, 3.63) is 0 Å². The van der Waals surface area contributed by atoms with E-state index in [1.165, 1.54) is 11.8 Å². The molecule has 0 aliphatic carbocycles. The molecule has 0 saturated carbocycles. The Morgan fingerprint density at radius 2 is 1.75 bits per heavy atom. The quantitative estimate of drug-likeness (QED) is 0.509. The first-order chi connectivity index (χ1) is 5.61. The van der Waals surface area contributed by atoms with Gasteiger partial charge in [0.05, 0.1) is 0 Å². The van der Waals surface area contributed by atoms with Gasteiger partial charge in [-0.25, -0.2) is 0 Å². The first kappa shape index (κ1) is 8.90. The summed E-state index contributed by atoms with van der Waals surface area (Å²) in [6, 6.07) is 0. The van der Waals surface area contributed by atoms with Crippen molar-refractivity contribution in [2.24, 2.45) is 0 Å². The van der Waals surface area contributed by atoms with Crippen LogP contribution in [0, 0.1) is 0 Å². The Kier molecular flexibility index (Phi) is 2.58. The van der Waals surface area contributed by atoms with Crippen LogP contribution in [0.3, 0.4) is 0 Å². The van der Waals surface area contributed by atoms with Crippen LogP contribution in [0.4, 0.5) is 0 Å². The summed E-state index contributed by atoms with van der Waals surface area (Å²) in [6.45, 7) is 2.05. The van der Waals surface area contributed by atoms with Crippen LogP contribution in [0.15, 0.2) is 0 Å². The molecule has 1 amide bonds. The second-order valence-electron chi connectivity index (χ2n) is 2.89. The molecule has 1 fully saturated rings. The van der Waals surface area contributed by atoms with Gasteiger partial charge in [0, 0.05) is 32.9 Å². The summed E-state index contributed by atoms with van der Waals surface area (Å²) in [4.78, 5) is 33.9. The van der Waals surface area contributed by atoms with Gasteiger partial charge in [0.25, 0.3) is 5.91 Å². The van der Waals surface area contributed by atoms with E-state index in [1.807, 2.05) is 0 Å². The lowest BCUT2D eigenvalue weighted by atomic mass is 10.1. The van der Waals surface area contributed by atoms with Crippen molar-refractivity contribution >= 4 is 17.5 Å². The maximum atomic E-state index is 11.1. The Hall–Kier alpha value is -1.19. The molecular weight excluding hydrogens is 158 g/mol. The molecule has 4 nitrogen and oxygen atoms in total. The molecule has 0 unspecified atom stereocenters. The minimum absolute atomic E-state index is 0.169. The van der Waals surface area contributed by atoms with Crippen LogP contribution in [0.1, 0.15) is 19.8 Å². The molecule has 4 heteroatoms. The molecule has 1 rings (SSSR count). The third-order valence-corrected chi connectivity index (χ3v) is 1.91. The Morgan fingerprint density at radius 1 is 1.25 bits per heavy atom. The predicted molar refractivity (Wildman–Crippen MR) is 41.5 cm³/mol. The summed E-state index contributed by atoms with van der Waals surface area (Å²) in [6.07, 6.45) is 0.776. The van der Waals surface area contributed by atoms with Crippen LogP contribution in [-0.4, -0.2) is 35.5 Å². The number of piperidine rings is 1. The maximum Gasteiger partial charge on any atom is 0.289 e. The lowest BCUT2D eigenvalue weighted by Gasteiger charge is -2.24. The minimum atomic E-state index is -0.470. The van der Waals surface area contributed by atoms with E-state index < -0.39 is 11.7 Å². The molecule has 0 radical (unpaired) electrons. The molecule has 0 aromatic rings. The van der Waals surface area contributed by atoms with E-state index in [1.54, 1.807) is 0 Å². The smallest absolute Gasteiger partial charge is 0.289 e. The molecule has 12 heavy (non-hydrogen) atoms. The molecule has 0 N–H and O–H groups in total. The van der Waals surface area contributed by atoms with Gasteiger partial charge >= 0.3 is 0 Å². The van der Waals surface area contributed by atoms with Crippen LogP contribution < -0.4 is 0 Å². The van der Waals surface area contributed by atoms with E-state index in [2.05, 4.69) is 0 Å². The van der Waals surface area contributed by atoms with Gasteiger partial charge in [-0.2, -0.15) is 0 Å². The number of Topliss-reactive ketones (excluding diaryl/α,β-unsaturated/α-hetero) is 2. The summed E-state index contributed by atoms with van der Waals surface area (Å²) < 4.78 is 0. The molecule has 1 aliphatic rings. The molecule has 1 aliphatic heterocycles. The number of hydrogen-bond donors (Lipinski definition) is 0. The number of carbonyl (C=O) groups excluding carboxylic acids is 3. The summed E-state index contributed by atoms with van der Waals surface area (Å²) in [7, 11) is 0. The van der Waals surface area contributed by atoms with Gasteiger partial charge < -0.3 is 4.90 Å². The monoisotopic (exact) mass is 169 g/mol. The SMILES string of the molecule is CC(=O)C(=O)N1CCC(=O)CC1. The molecule has 0 atom stereocenters. The lowest BCUT2D eigenvalue weighted by molar-refractivity contribution is -0.145. The molecule has 1 heterocycles. The van der Waals surface area contributed by atoms with E-state index in [4.69, 9.17) is 0 Å². The zero-order chi connectivity index (χ0) is 9.14. The number of nitrogens with zero attached hydrogens (tertiary/aromatic N) is 1. The molecule has 1 saturated heterocycles. The summed E-state index contributed by atoms with van der Waals surface area (Å²) in [5.41, 5.74) is 0. The standard InChI is InChI=1S/C8H11NO3/c1-6(10)8(12)9-4-2-7(11)3-5-9/h2-5H2,1H3. The number of rotatable bonds is 1. The van der Waals surface area contributed by atoms with Gasteiger partial charge in [0.2, 0.25) is 5.78 Å². The number of likely N-dealkylation sites (tertiary alicyclic amines) is 1. The van der Waals surface area contributed by atoms with Crippen molar-refractivity contribution in [1.82, 2.24) is 4.90 Å². The number of hydrogen-bond acceptors (Lipinski definition) is 3. The van der Waals surface area contributed by atoms with Crippen molar-refractivity contribution in [3.8, 4) is 0 Å². The highest BCUT2D eigenvalue weighted by atomic mass is 16.2. The minimum Gasteiger partial charge on any atom is -0.335 e. The molecule has 0 aromatic heterocycles. The number of amides is 1. The van der Waals surface area contributed by atoms with E-state index in [9.17, 15) is 14.4 Å². The van der Waals surface area contributed by atoms with Gasteiger partial charge in [-0.15, -0.1) is 0 Å². The highest BCUT2D eigenvalue weighted by molar-refractivity contribution is 6.35. The van der Waals surface area contributed by atoms with Crippen LogP contribution in [0.25, 0.3) is 0 Å². The van der Waals surface area contributed by atoms with Gasteiger partial charge in [0.1, 0.15) is 5.78 Å². The molecular formula is C8H11NO3. The third-order valence-electron chi connectivity index (χ3n) is 1.91. The average molecular weight is 169 g/mol. The zero-order valence-electron chi connectivity index (χ0n) is 7.00. The van der Waals surface area contributed by atoms with Gasteiger partial charge in [-0.1, -0.05) is 0 Å². The fraction of sp³-hybridized carbons (Fsp3) is 0.625. The Balaban J connectivity index is 2.50. The van der Waals surface area contributed by atoms with Crippen molar-refractivity contribution in [2.45, 2.75) is 19.8 Å². The van der Waals surface area contributed by atoms with Crippen molar-refractivity contribution in [3.63, 3.8) is 0 Å².